The first-order valence-corrected chi connectivity index (χ1v) is 11.3. The Morgan fingerprint density at radius 3 is 2.59 bits per heavy atom. The van der Waals surface area contributed by atoms with Gasteiger partial charge >= 0.3 is 0 Å². The summed E-state index contributed by atoms with van der Waals surface area (Å²) in [5, 5.41) is 1.10. The second-order valence-corrected chi connectivity index (χ2v) is 8.76. The summed E-state index contributed by atoms with van der Waals surface area (Å²) in [7, 11) is 0. The van der Waals surface area contributed by atoms with Crippen LogP contribution < -0.4 is 5.73 Å². The first-order valence-electron chi connectivity index (χ1n) is 11.3. The maximum Gasteiger partial charge on any atom is 0.150 e. The largest absolute Gasteiger partial charge is 0.382 e. The molecule has 6 rings (SSSR count). The monoisotopic (exact) mass is 419 g/mol. The molecule has 1 fully saturated rings. The minimum atomic E-state index is 0.478. The lowest BCUT2D eigenvalue weighted by Crippen LogP contribution is -2.23. The van der Waals surface area contributed by atoms with Crippen LogP contribution in [0.4, 0.5) is 5.82 Å². The Bertz CT molecular complexity index is 1430. The van der Waals surface area contributed by atoms with E-state index in [0.29, 0.717) is 11.7 Å². The number of pyridine rings is 1. The molecule has 0 unspecified atom stereocenters. The minimum Gasteiger partial charge on any atom is -0.382 e. The van der Waals surface area contributed by atoms with Gasteiger partial charge in [-0.1, -0.05) is 61.9 Å². The summed E-state index contributed by atoms with van der Waals surface area (Å²) in [6.07, 6.45) is 7.37. The molecular formula is C27H25N5. The first-order chi connectivity index (χ1) is 15.7. The van der Waals surface area contributed by atoms with Crippen LogP contribution in [0.25, 0.3) is 38.9 Å². The molecule has 0 saturated heterocycles. The highest BCUT2D eigenvalue weighted by molar-refractivity contribution is 5.91. The fourth-order valence-corrected chi connectivity index (χ4v) is 4.89. The standard InChI is InChI=1S/C27H25N5/c1-2-17-14-21(15-17)27-31-24(25-26(28)29-12-13-32(25)27)20-9-8-19-10-11-22(30-23(19)16-20)18-6-4-3-5-7-18/h3-13,16-17,21H,2,14-15H2,1H3,(H2,28,29). The smallest absolute Gasteiger partial charge is 0.150 e. The number of hydrogen-bond donors (Lipinski definition) is 1. The second kappa shape index (κ2) is 7.45. The molecule has 5 heteroatoms. The lowest BCUT2D eigenvalue weighted by Gasteiger charge is -2.33. The van der Waals surface area contributed by atoms with Crippen molar-refractivity contribution >= 4 is 22.2 Å². The molecule has 3 aromatic heterocycles. The fraction of sp³-hybridized carbons (Fsp3) is 0.222. The van der Waals surface area contributed by atoms with Crippen LogP contribution in [-0.2, 0) is 0 Å². The molecule has 32 heavy (non-hydrogen) atoms. The van der Waals surface area contributed by atoms with Crippen molar-refractivity contribution in [1.82, 2.24) is 19.4 Å². The van der Waals surface area contributed by atoms with Crippen LogP contribution >= 0.6 is 0 Å². The van der Waals surface area contributed by atoms with Crippen LogP contribution in [0.15, 0.2) is 73.1 Å². The zero-order valence-corrected chi connectivity index (χ0v) is 18.1. The van der Waals surface area contributed by atoms with Crippen molar-refractivity contribution < 1.29 is 0 Å². The van der Waals surface area contributed by atoms with Crippen molar-refractivity contribution in [3.63, 3.8) is 0 Å². The molecule has 1 aliphatic rings. The summed E-state index contributed by atoms with van der Waals surface area (Å²) in [5.41, 5.74) is 12.2. The molecule has 0 bridgehead atoms. The van der Waals surface area contributed by atoms with E-state index in [9.17, 15) is 0 Å². The lowest BCUT2D eigenvalue weighted by molar-refractivity contribution is 0.247. The van der Waals surface area contributed by atoms with Crippen LogP contribution in [0, 0.1) is 5.92 Å². The van der Waals surface area contributed by atoms with Gasteiger partial charge in [-0.2, -0.15) is 0 Å². The Morgan fingerprint density at radius 1 is 0.969 bits per heavy atom. The van der Waals surface area contributed by atoms with Gasteiger partial charge in [-0.15, -0.1) is 0 Å². The predicted octanol–water partition coefficient (Wildman–Crippen LogP) is 6.10. The number of imidazole rings is 1. The molecule has 1 saturated carbocycles. The molecule has 1 aliphatic carbocycles. The van der Waals surface area contributed by atoms with Crippen LogP contribution in [0.5, 0.6) is 0 Å². The van der Waals surface area contributed by atoms with Crippen molar-refractivity contribution in [1.29, 1.82) is 0 Å². The third kappa shape index (κ3) is 3.04. The summed E-state index contributed by atoms with van der Waals surface area (Å²) in [6, 6.07) is 20.8. The zero-order valence-electron chi connectivity index (χ0n) is 18.1. The van der Waals surface area contributed by atoms with E-state index in [1.54, 1.807) is 6.20 Å². The Balaban J connectivity index is 1.49. The molecule has 0 aliphatic heterocycles. The molecule has 0 amide bonds. The molecule has 5 nitrogen and oxygen atoms in total. The Morgan fingerprint density at radius 2 is 1.78 bits per heavy atom. The van der Waals surface area contributed by atoms with Gasteiger partial charge in [0, 0.05) is 34.8 Å². The number of benzene rings is 2. The van der Waals surface area contributed by atoms with Crippen LogP contribution in [0.2, 0.25) is 0 Å². The molecule has 158 valence electrons. The third-order valence-electron chi connectivity index (χ3n) is 6.82. The van der Waals surface area contributed by atoms with E-state index in [0.717, 1.165) is 50.7 Å². The van der Waals surface area contributed by atoms with Crippen molar-refractivity contribution in [2.24, 2.45) is 5.92 Å². The zero-order chi connectivity index (χ0) is 21.7. The van der Waals surface area contributed by atoms with E-state index in [2.05, 4.69) is 58.8 Å². The summed E-state index contributed by atoms with van der Waals surface area (Å²) >= 11 is 0. The fourth-order valence-electron chi connectivity index (χ4n) is 4.89. The number of anilines is 1. The summed E-state index contributed by atoms with van der Waals surface area (Å²) < 4.78 is 2.15. The van der Waals surface area contributed by atoms with Crippen molar-refractivity contribution in [2.45, 2.75) is 32.1 Å². The molecule has 0 spiro atoms. The van der Waals surface area contributed by atoms with Gasteiger partial charge in [-0.25, -0.2) is 15.0 Å². The van der Waals surface area contributed by atoms with Crippen molar-refractivity contribution in [3.05, 3.63) is 78.9 Å². The van der Waals surface area contributed by atoms with E-state index in [1.165, 1.54) is 19.3 Å². The van der Waals surface area contributed by atoms with Gasteiger partial charge in [0.15, 0.2) is 0 Å². The van der Waals surface area contributed by atoms with Gasteiger partial charge in [-0.3, -0.25) is 4.40 Å². The number of aromatic nitrogens is 4. The Kier molecular flexibility index (Phi) is 4.42. The molecule has 0 atom stereocenters. The second-order valence-electron chi connectivity index (χ2n) is 8.76. The van der Waals surface area contributed by atoms with Crippen LogP contribution in [0.1, 0.15) is 37.9 Å². The van der Waals surface area contributed by atoms with Crippen molar-refractivity contribution in [3.8, 4) is 22.5 Å². The highest BCUT2D eigenvalue weighted by Gasteiger charge is 2.33. The topological polar surface area (TPSA) is 69.1 Å². The highest BCUT2D eigenvalue weighted by Crippen LogP contribution is 2.44. The number of nitrogens with zero attached hydrogens (tertiary/aromatic N) is 4. The lowest BCUT2D eigenvalue weighted by atomic mass is 9.73. The van der Waals surface area contributed by atoms with Gasteiger partial charge in [0.2, 0.25) is 0 Å². The Hall–Kier alpha value is -3.73. The molecule has 3 heterocycles. The van der Waals surface area contributed by atoms with Gasteiger partial charge in [0.1, 0.15) is 22.9 Å². The van der Waals surface area contributed by atoms with E-state index in [4.69, 9.17) is 15.7 Å². The summed E-state index contributed by atoms with van der Waals surface area (Å²) in [6.45, 7) is 2.27. The number of hydrogen-bond acceptors (Lipinski definition) is 4. The predicted molar refractivity (Wildman–Crippen MR) is 129 cm³/mol. The molecule has 0 radical (unpaired) electrons. The van der Waals surface area contributed by atoms with Gasteiger partial charge < -0.3 is 5.73 Å². The maximum absolute atomic E-state index is 6.35. The number of nitrogens with two attached hydrogens (primary N) is 1. The average Bonchev–Trinajstić information content (AvgIpc) is 3.19. The SMILES string of the molecule is CCC1CC(c2nc(-c3ccc4ccc(-c5ccccc5)nc4c3)c3c(N)nccn23)C1. The average molecular weight is 420 g/mol. The molecule has 5 aromatic rings. The van der Waals surface area contributed by atoms with Gasteiger partial charge in [-0.05, 0) is 30.9 Å². The third-order valence-corrected chi connectivity index (χ3v) is 6.82. The van der Waals surface area contributed by atoms with Crippen LogP contribution in [0.3, 0.4) is 0 Å². The first kappa shape index (κ1) is 19.0. The van der Waals surface area contributed by atoms with E-state index < -0.39 is 0 Å². The van der Waals surface area contributed by atoms with Crippen molar-refractivity contribution in [2.75, 3.05) is 5.73 Å². The summed E-state index contributed by atoms with van der Waals surface area (Å²) in [5.74, 6) is 2.89. The van der Waals surface area contributed by atoms with E-state index in [1.807, 2.05) is 24.4 Å². The Labute approximate surface area is 187 Å². The van der Waals surface area contributed by atoms with Gasteiger partial charge in [0.25, 0.3) is 0 Å². The molecule has 2 aromatic carbocycles. The summed E-state index contributed by atoms with van der Waals surface area (Å²) in [4.78, 5) is 14.4. The highest BCUT2D eigenvalue weighted by atomic mass is 15.1. The molecular weight excluding hydrogens is 394 g/mol. The van der Waals surface area contributed by atoms with Gasteiger partial charge in [0.05, 0.1) is 11.2 Å². The normalized spacial score (nSPS) is 18.2. The number of nitrogen functional groups attached to an aromatic ring is 1. The molecule has 2 N–H and O–H groups in total. The van der Waals surface area contributed by atoms with E-state index >= 15 is 0 Å². The number of fused-ring (bicyclic) bond motifs is 2. The quantitative estimate of drug-likeness (QED) is 0.382. The number of rotatable bonds is 4. The minimum absolute atomic E-state index is 0.478. The maximum atomic E-state index is 6.35. The van der Waals surface area contributed by atoms with E-state index in [-0.39, 0.29) is 0 Å². The van der Waals surface area contributed by atoms with Crippen LogP contribution in [-0.4, -0.2) is 19.4 Å².